The Morgan fingerprint density at radius 2 is 2.09 bits per heavy atom. The molecule has 1 aliphatic rings. The summed E-state index contributed by atoms with van der Waals surface area (Å²) in [5, 5.41) is 13.3. The Balaban J connectivity index is 1.47. The van der Waals surface area contributed by atoms with E-state index in [1.165, 1.54) is 11.3 Å². The zero-order valence-electron chi connectivity index (χ0n) is 12.6. The maximum atomic E-state index is 6.01. The number of aromatic nitrogens is 4. The summed E-state index contributed by atoms with van der Waals surface area (Å²) in [6.07, 6.45) is 1.61. The molecule has 3 heterocycles. The van der Waals surface area contributed by atoms with Crippen molar-refractivity contribution in [2.45, 2.75) is 0 Å². The molecule has 3 aromatic rings. The first kappa shape index (κ1) is 14.6. The molecule has 0 atom stereocenters. The summed E-state index contributed by atoms with van der Waals surface area (Å²) in [6.45, 7) is 5.13. The number of morpholine rings is 1. The fraction of sp³-hybridized carbons (Fsp3) is 0.400. The Labute approximate surface area is 137 Å². The summed E-state index contributed by atoms with van der Waals surface area (Å²) in [6, 6.07) is 7.98. The van der Waals surface area contributed by atoms with Crippen molar-refractivity contribution >= 4 is 16.3 Å². The first-order valence-electron chi connectivity index (χ1n) is 7.59. The van der Waals surface area contributed by atoms with Gasteiger partial charge in [0.15, 0.2) is 5.01 Å². The van der Waals surface area contributed by atoms with Gasteiger partial charge in [-0.3, -0.25) is 4.90 Å². The molecule has 0 amide bonds. The molecule has 1 saturated heterocycles. The van der Waals surface area contributed by atoms with Crippen molar-refractivity contribution in [3.8, 4) is 16.3 Å². The number of benzene rings is 1. The van der Waals surface area contributed by atoms with Gasteiger partial charge in [0.05, 0.1) is 18.8 Å². The molecular formula is C15H17N5O2S. The van der Waals surface area contributed by atoms with E-state index >= 15 is 0 Å². The summed E-state index contributed by atoms with van der Waals surface area (Å²) in [5.41, 5.74) is 0.991. The highest BCUT2D eigenvalue weighted by Crippen LogP contribution is 2.32. The molecule has 0 saturated carbocycles. The zero-order valence-corrected chi connectivity index (χ0v) is 13.4. The summed E-state index contributed by atoms with van der Waals surface area (Å²) < 4.78 is 13.1. The van der Waals surface area contributed by atoms with Crippen LogP contribution in [0.1, 0.15) is 0 Å². The minimum Gasteiger partial charge on any atom is -0.492 e. The van der Waals surface area contributed by atoms with Crippen molar-refractivity contribution in [2.75, 3.05) is 39.5 Å². The minimum atomic E-state index is 0.654. The van der Waals surface area contributed by atoms with Gasteiger partial charge in [0, 0.05) is 19.6 Å². The molecule has 7 nitrogen and oxygen atoms in total. The van der Waals surface area contributed by atoms with Gasteiger partial charge in [0.2, 0.25) is 4.96 Å². The van der Waals surface area contributed by atoms with Gasteiger partial charge in [-0.2, -0.15) is 9.61 Å². The maximum Gasteiger partial charge on any atom is 0.234 e. The molecule has 120 valence electrons. The third kappa shape index (κ3) is 3.19. The molecule has 23 heavy (non-hydrogen) atoms. The zero-order chi connectivity index (χ0) is 15.5. The molecule has 1 fully saturated rings. The fourth-order valence-corrected chi connectivity index (χ4v) is 3.40. The SMILES string of the molecule is c1ccc(-c2nn3cnnc3s2)c(OCCN2CCOCC2)c1. The van der Waals surface area contributed by atoms with Gasteiger partial charge in [-0.15, -0.1) is 10.2 Å². The first-order chi connectivity index (χ1) is 11.4. The van der Waals surface area contributed by atoms with Crippen LogP contribution in [0.4, 0.5) is 0 Å². The lowest BCUT2D eigenvalue weighted by molar-refractivity contribution is 0.0323. The summed E-state index contributed by atoms with van der Waals surface area (Å²) in [7, 11) is 0. The van der Waals surface area contributed by atoms with Crippen LogP contribution in [0, 0.1) is 0 Å². The lowest BCUT2D eigenvalue weighted by atomic mass is 10.2. The van der Waals surface area contributed by atoms with Crippen LogP contribution in [0.3, 0.4) is 0 Å². The van der Waals surface area contributed by atoms with Crippen LogP contribution in [0.2, 0.25) is 0 Å². The highest BCUT2D eigenvalue weighted by atomic mass is 32.1. The number of hydrogen-bond acceptors (Lipinski definition) is 7. The summed E-state index contributed by atoms with van der Waals surface area (Å²) in [5.74, 6) is 0.853. The molecule has 0 aliphatic carbocycles. The molecule has 1 aromatic carbocycles. The van der Waals surface area contributed by atoms with E-state index in [2.05, 4.69) is 20.2 Å². The molecule has 0 bridgehead atoms. The monoisotopic (exact) mass is 331 g/mol. The molecule has 1 aliphatic heterocycles. The van der Waals surface area contributed by atoms with Crippen LogP contribution in [-0.4, -0.2) is 64.2 Å². The third-order valence-corrected chi connectivity index (χ3v) is 4.72. The summed E-state index contributed by atoms with van der Waals surface area (Å²) in [4.78, 5) is 3.14. The summed E-state index contributed by atoms with van der Waals surface area (Å²) >= 11 is 1.50. The van der Waals surface area contributed by atoms with E-state index in [4.69, 9.17) is 9.47 Å². The molecule has 4 rings (SSSR count). The Bertz CT molecular complexity index is 752. The van der Waals surface area contributed by atoms with Crippen molar-refractivity contribution in [3.05, 3.63) is 30.6 Å². The second-order valence-electron chi connectivity index (χ2n) is 5.26. The number of para-hydroxylation sites is 1. The quantitative estimate of drug-likeness (QED) is 0.707. The predicted molar refractivity (Wildman–Crippen MR) is 86.8 cm³/mol. The Morgan fingerprint density at radius 3 is 2.96 bits per heavy atom. The van der Waals surface area contributed by atoms with Crippen molar-refractivity contribution in [2.24, 2.45) is 0 Å². The number of rotatable bonds is 5. The largest absolute Gasteiger partial charge is 0.492 e. The van der Waals surface area contributed by atoms with Crippen LogP contribution < -0.4 is 4.74 Å². The van der Waals surface area contributed by atoms with E-state index in [0.717, 1.165) is 54.1 Å². The number of nitrogens with zero attached hydrogens (tertiary/aromatic N) is 5. The van der Waals surface area contributed by atoms with E-state index in [9.17, 15) is 0 Å². The van der Waals surface area contributed by atoms with Gasteiger partial charge >= 0.3 is 0 Å². The standard InChI is InChI=1S/C15H17N5O2S/c1-2-4-13(22-10-7-19-5-8-21-9-6-19)12(3-1)14-18-20-11-16-17-15(20)23-14/h1-4,11H,5-10H2. The maximum absolute atomic E-state index is 6.01. The number of fused-ring (bicyclic) bond motifs is 1. The minimum absolute atomic E-state index is 0.654. The van der Waals surface area contributed by atoms with Crippen molar-refractivity contribution < 1.29 is 9.47 Å². The van der Waals surface area contributed by atoms with Crippen LogP contribution in [0.15, 0.2) is 30.6 Å². The van der Waals surface area contributed by atoms with Gasteiger partial charge in [-0.05, 0) is 12.1 Å². The van der Waals surface area contributed by atoms with Gasteiger partial charge in [-0.1, -0.05) is 23.5 Å². The smallest absolute Gasteiger partial charge is 0.234 e. The van der Waals surface area contributed by atoms with Gasteiger partial charge in [0.1, 0.15) is 18.7 Å². The third-order valence-electron chi connectivity index (χ3n) is 3.77. The van der Waals surface area contributed by atoms with E-state index in [0.29, 0.717) is 6.61 Å². The normalized spacial score (nSPS) is 16.0. The number of ether oxygens (including phenoxy) is 2. The molecule has 0 unspecified atom stereocenters. The Morgan fingerprint density at radius 1 is 1.22 bits per heavy atom. The van der Waals surface area contributed by atoms with Crippen LogP contribution in [-0.2, 0) is 4.74 Å². The molecule has 8 heteroatoms. The van der Waals surface area contributed by atoms with Gasteiger partial charge < -0.3 is 9.47 Å². The lowest BCUT2D eigenvalue weighted by Gasteiger charge is -2.26. The van der Waals surface area contributed by atoms with Crippen LogP contribution >= 0.6 is 11.3 Å². The average molecular weight is 331 g/mol. The molecule has 2 aromatic heterocycles. The van der Waals surface area contributed by atoms with Crippen molar-refractivity contribution in [1.29, 1.82) is 0 Å². The molecule has 0 N–H and O–H groups in total. The van der Waals surface area contributed by atoms with Crippen molar-refractivity contribution in [1.82, 2.24) is 24.7 Å². The molecular weight excluding hydrogens is 314 g/mol. The topological polar surface area (TPSA) is 64.8 Å². The second-order valence-corrected chi connectivity index (χ2v) is 6.22. The first-order valence-corrected chi connectivity index (χ1v) is 8.41. The highest BCUT2D eigenvalue weighted by molar-refractivity contribution is 7.19. The molecule has 0 radical (unpaired) electrons. The van der Waals surface area contributed by atoms with Gasteiger partial charge in [0.25, 0.3) is 0 Å². The van der Waals surface area contributed by atoms with Crippen LogP contribution in [0.25, 0.3) is 15.5 Å². The second kappa shape index (κ2) is 6.61. The fourth-order valence-electron chi connectivity index (χ4n) is 2.55. The highest BCUT2D eigenvalue weighted by Gasteiger charge is 2.14. The average Bonchev–Trinajstić information content (AvgIpc) is 3.18. The number of hydrogen-bond donors (Lipinski definition) is 0. The van der Waals surface area contributed by atoms with Crippen molar-refractivity contribution in [3.63, 3.8) is 0 Å². The predicted octanol–water partition coefficient (Wildman–Crippen LogP) is 1.56. The Kier molecular flexibility index (Phi) is 4.18. The van der Waals surface area contributed by atoms with E-state index < -0.39 is 0 Å². The lowest BCUT2D eigenvalue weighted by Crippen LogP contribution is -2.38. The Hall–Kier alpha value is -2.03. The van der Waals surface area contributed by atoms with Gasteiger partial charge in [-0.25, -0.2) is 0 Å². The van der Waals surface area contributed by atoms with Crippen LogP contribution in [0.5, 0.6) is 5.75 Å². The molecule has 0 spiro atoms. The van der Waals surface area contributed by atoms with E-state index in [1.54, 1.807) is 10.8 Å². The van der Waals surface area contributed by atoms with E-state index in [1.807, 2.05) is 24.3 Å². The van der Waals surface area contributed by atoms with E-state index in [-0.39, 0.29) is 0 Å².